The van der Waals surface area contributed by atoms with Crippen molar-refractivity contribution < 1.29 is 9.53 Å². The third-order valence-corrected chi connectivity index (χ3v) is 6.44. The van der Waals surface area contributed by atoms with Crippen LogP contribution in [0.5, 0.6) is 0 Å². The first-order chi connectivity index (χ1) is 13.2. The van der Waals surface area contributed by atoms with Crippen LogP contribution in [-0.4, -0.2) is 61.4 Å². The highest BCUT2D eigenvalue weighted by atomic mass is 16.5. The summed E-state index contributed by atoms with van der Waals surface area (Å²) in [7, 11) is 0. The summed E-state index contributed by atoms with van der Waals surface area (Å²) in [4.78, 5) is 14.7. The number of hydrogen-bond acceptors (Lipinski definition) is 4. The van der Waals surface area contributed by atoms with Crippen LogP contribution in [0.3, 0.4) is 0 Å². The van der Waals surface area contributed by atoms with Gasteiger partial charge in [0.15, 0.2) is 0 Å². The summed E-state index contributed by atoms with van der Waals surface area (Å²) in [5.74, 6) is 1.67. The lowest BCUT2D eigenvalue weighted by Gasteiger charge is -2.37. The van der Waals surface area contributed by atoms with Gasteiger partial charge in [0.25, 0.3) is 0 Å². The third-order valence-electron chi connectivity index (χ3n) is 6.44. The summed E-state index contributed by atoms with van der Waals surface area (Å²) >= 11 is 0. The molecule has 2 rings (SSSR count). The third kappa shape index (κ3) is 8.26. The normalized spacial score (nSPS) is 20.4. The molecule has 0 aliphatic carbocycles. The lowest BCUT2D eigenvalue weighted by Crippen LogP contribution is -2.52. The van der Waals surface area contributed by atoms with E-state index in [-0.39, 0.29) is 17.2 Å². The molecule has 2 aliphatic rings. The van der Waals surface area contributed by atoms with Crippen molar-refractivity contribution in [3.05, 3.63) is 0 Å². The highest BCUT2D eigenvalue weighted by Crippen LogP contribution is 2.28. The molecule has 0 bridgehead atoms. The Hall–Kier alpha value is -0.850. The first kappa shape index (κ1) is 23.4. The number of rotatable bonds is 9. The molecule has 0 atom stereocenters. The van der Waals surface area contributed by atoms with Crippen molar-refractivity contribution in [2.24, 2.45) is 17.6 Å². The van der Waals surface area contributed by atoms with Crippen molar-refractivity contribution in [1.82, 2.24) is 15.5 Å². The molecule has 0 aromatic rings. The summed E-state index contributed by atoms with van der Waals surface area (Å²) in [6, 6.07) is 0.0755. The van der Waals surface area contributed by atoms with Crippen LogP contribution in [0.25, 0.3) is 0 Å². The maximum Gasteiger partial charge on any atom is 0.317 e. The van der Waals surface area contributed by atoms with Gasteiger partial charge in [-0.3, -0.25) is 0 Å². The van der Waals surface area contributed by atoms with E-state index in [1.807, 2.05) is 4.90 Å². The van der Waals surface area contributed by atoms with Gasteiger partial charge in [0.05, 0.1) is 5.60 Å². The van der Waals surface area contributed by atoms with E-state index in [4.69, 9.17) is 10.5 Å². The predicted molar refractivity (Wildman–Crippen MR) is 115 cm³/mol. The lowest BCUT2D eigenvalue weighted by atomic mass is 9.83. The Balaban J connectivity index is 1.67. The Labute approximate surface area is 172 Å². The molecule has 28 heavy (non-hydrogen) atoms. The fraction of sp³-hybridized carbons (Fsp3) is 0.955. The van der Waals surface area contributed by atoms with Gasteiger partial charge in [-0.25, -0.2) is 4.79 Å². The van der Waals surface area contributed by atoms with Gasteiger partial charge >= 0.3 is 6.03 Å². The van der Waals surface area contributed by atoms with Crippen LogP contribution in [0.2, 0.25) is 0 Å². The summed E-state index contributed by atoms with van der Waals surface area (Å²) in [5.41, 5.74) is 5.16. The Morgan fingerprint density at radius 1 is 1.07 bits per heavy atom. The number of nitrogens with one attached hydrogen (secondary N) is 2. The second-order valence-corrected chi connectivity index (χ2v) is 10.1. The molecule has 2 fully saturated rings. The number of carbonyl (C=O) groups excluding carboxylic acids is 1. The molecule has 164 valence electrons. The molecule has 6 nitrogen and oxygen atoms in total. The summed E-state index contributed by atoms with van der Waals surface area (Å²) < 4.78 is 5.97. The topological polar surface area (TPSA) is 79.6 Å². The van der Waals surface area contributed by atoms with Crippen LogP contribution < -0.4 is 16.4 Å². The Morgan fingerprint density at radius 2 is 1.68 bits per heavy atom. The number of nitrogens with two attached hydrogens (primary N) is 1. The van der Waals surface area contributed by atoms with Crippen molar-refractivity contribution in [1.29, 1.82) is 0 Å². The van der Waals surface area contributed by atoms with Crippen molar-refractivity contribution in [2.45, 2.75) is 83.8 Å². The van der Waals surface area contributed by atoms with Crippen LogP contribution in [0, 0.1) is 11.8 Å². The molecule has 6 heteroatoms. The molecule has 0 radical (unpaired) electrons. The van der Waals surface area contributed by atoms with Crippen LogP contribution in [-0.2, 0) is 4.74 Å². The van der Waals surface area contributed by atoms with E-state index in [1.165, 1.54) is 32.4 Å². The summed E-state index contributed by atoms with van der Waals surface area (Å²) in [6.07, 6.45) is 7.91. The zero-order valence-electron chi connectivity index (χ0n) is 18.7. The van der Waals surface area contributed by atoms with Gasteiger partial charge in [0, 0.05) is 25.2 Å². The Kier molecular flexibility index (Phi) is 9.03. The molecule has 0 aromatic carbocycles. The number of urea groups is 1. The molecule has 0 aromatic heterocycles. The maximum absolute atomic E-state index is 12.7. The molecule has 2 saturated heterocycles. The van der Waals surface area contributed by atoms with E-state index in [1.54, 1.807) is 0 Å². The van der Waals surface area contributed by atoms with Crippen molar-refractivity contribution in [2.75, 3.05) is 39.3 Å². The largest absolute Gasteiger partial charge is 0.375 e. The minimum absolute atomic E-state index is 0.0755. The number of piperidine rings is 2. The predicted octanol–water partition coefficient (Wildman–Crippen LogP) is 3.11. The monoisotopic (exact) mass is 396 g/mol. The molecule has 2 heterocycles. The first-order valence-electron chi connectivity index (χ1n) is 11.3. The van der Waals surface area contributed by atoms with Gasteiger partial charge in [-0.15, -0.1) is 0 Å². The fourth-order valence-corrected chi connectivity index (χ4v) is 4.39. The van der Waals surface area contributed by atoms with Gasteiger partial charge in [-0.1, -0.05) is 0 Å². The molecular formula is C22H44N4O2. The number of likely N-dealkylation sites (tertiary alicyclic amines) is 1. The molecule has 0 saturated carbocycles. The van der Waals surface area contributed by atoms with E-state index in [0.717, 1.165) is 50.6 Å². The number of ether oxygens (including phenoxy) is 1. The summed E-state index contributed by atoms with van der Waals surface area (Å²) in [5, 5.41) is 6.66. The number of hydrogen-bond donors (Lipinski definition) is 3. The maximum atomic E-state index is 12.7. The second kappa shape index (κ2) is 10.8. The lowest BCUT2D eigenvalue weighted by molar-refractivity contribution is -0.0286. The zero-order valence-corrected chi connectivity index (χ0v) is 18.7. The quantitative estimate of drug-likeness (QED) is 0.559. The highest BCUT2D eigenvalue weighted by molar-refractivity contribution is 5.75. The van der Waals surface area contributed by atoms with Gasteiger partial charge in [-0.05, 0) is 104 Å². The first-order valence-corrected chi connectivity index (χ1v) is 11.3. The number of nitrogens with zero attached hydrogens (tertiary/aromatic N) is 1. The molecule has 4 N–H and O–H groups in total. The highest BCUT2D eigenvalue weighted by Gasteiger charge is 2.29. The number of carbonyl (C=O) groups is 1. The van der Waals surface area contributed by atoms with Crippen molar-refractivity contribution in [3.63, 3.8) is 0 Å². The molecule has 2 amide bonds. The Morgan fingerprint density at radius 3 is 2.29 bits per heavy atom. The van der Waals surface area contributed by atoms with E-state index in [2.05, 4.69) is 38.3 Å². The van der Waals surface area contributed by atoms with Crippen LogP contribution in [0.4, 0.5) is 4.79 Å². The van der Waals surface area contributed by atoms with Crippen molar-refractivity contribution >= 4 is 6.03 Å². The molecule has 0 spiro atoms. The standard InChI is InChI=1S/C22H44N4O2/c1-21(2,10-16-28-22(3,4)9-11-23)25-20(27)26-14-7-19(8-15-26)17-18-5-12-24-13-6-18/h18-19,24H,5-17,23H2,1-4H3,(H,25,27). The van der Waals surface area contributed by atoms with Gasteiger partial charge < -0.3 is 26.0 Å². The number of amides is 2. The van der Waals surface area contributed by atoms with Gasteiger partial charge in [-0.2, -0.15) is 0 Å². The molecule has 0 unspecified atom stereocenters. The van der Waals surface area contributed by atoms with Crippen LogP contribution >= 0.6 is 0 Å². The SMILES string of the molecule is CC(C)(CCOC(C)(C)CCN)NC(=O)N1CCC(CC2CCNCC2)CC1. The Bertz CT molecular complexity index is 467. The minimum atomic E-state index is -0.276. The van der Waals surface area contributed by atoms with Crippen molar-refractivity contribution in [3.8, 4) is 0 Å². The van der Waals surface area contributed by atoms with E-state index in [0.29, 0.717) is 13.2 Å². The van der Waals surface area contributed by atoms with E-state index < -0.39 is 0 Å². The summed E-state index contributed by atoms with van der Waals surface area (Å²) in [6.45, 7) is 13.7. The van der Waals surface area contributed by atoms with Gasteiger partial charge in [0.2, 0.25) is 0 Å². The second-order valence-electron chi connectivity index (χ2n) is 10.1. The minimum Gasteiger partial charge on any atom is -0.375 e. The van der Waals surface area contributed by atoms with Crippen LogP contribution in [0.1, 0.15) is 72.6 Å². The van der Waals surface area contributed by atoms with Crippen LogP contribution in [0.15, 0.2) is 0 Å². The van der Waals surface area contributed by atoms with Gasteiger partial charge in [0.1, 0.15) is 0 Å². The van der Waals surface area contributed by atoms with E-state index in [9.17, 15) is 4.79 Å². The molecular weight excluding hydrogens is 352 g/mol. The average Bonchev–Trinajstić information content (AvgIpc) is 2.62. The van der Waals surface area contributed by atoms with E-state index >= 15 is 0 Å². The smallest absolute Gasteiger partial charge is 0.317 e. The average molecular weight is 397 g/mol. The fourth-order valence-electron chi connectivity index (χ4n) is 4.39. The molecule has 2 aliphatic heterocycles. The zero-order chi connectivity index (χ0) is 20.6.